The molecule has 0 radical (unpaired) electrons. The van der Waals surface area contributed by atoms with Crippen LogP contribution in [0.4, 0.5) is 0 Å². The average Bonchev–Trinajstić information content (AvgIpc) is 2.87. The van der Waals surface area contributed by atoms with E-state index >= 15 is 0 Å². The lowest BCUT2D eigenvalue weighted by molar-refractivity contribution is 0.0420. The van der Waals surface area contributed by atoms with Crippen LogP contribution < -0.4 is 0 Å². The van der Waals surface area contributed by atoms with Crippen LogP contribution >= 0.6 is 11.6 Å². The van der Waals surface area contributed by atoms with E-state index in [9.17, 15) is 5.11 Å². The number of benzene rings is 1. The van der Waals surface area contributed by atoms with Crippen molar-refractivity contribution in [1.29, 1.82) is 0 Å². The third-order valence-electron chi connectivity index (χ3n) is 3.28. The maximum absolute atomic E-state index is 9.52. The molecule has 21 heavy (non-hydrogen) atoms. The standard InChI is InChI=1S/C16H21ClN2O2/c1-3-8-19(10-12(2)20)11-15-9-16(18-21-15)13-4-6-14(17)7-5-13/h3-7,12,15,20H,1,8-11H2,2H3/t12-,15-/m0/s1. The lowest BCUT2D eigenvalue weighted by Gasteiger charge is -2.24. The summed E-state index contributed by atoms with van der Waals surface area (Å²) in [5, 5.41) is 14.4. The fraction of sp³-hybridized carbons (Fsp3) is 0.438. The van der Waals surface area contributed by atoms with E-state index in [1.807, 2.05) is 30.3 Å². The van der Waals surface area contributed by atoms with Gasteiger partial charge in [-0.15, -0.1) is 6.58 Å². The lowest BCUT2D eigenvalue weighted by atomic mass is 10.0. The highest BCUT2D eigenvalue weighted by Crippen LogP contribution is 2.19. The first-order valence-electron chi connectivity index (χ1n) is 7.08. The zero-order valence-corrected chi connectivity index (χ0v) is 13.0. The molecule has 2 rings (SSSR count). The molecule has 0 aromatic heterocycles. The van der Waals surface area contributed by atoms with Crippen LogP contribution in [0.2, 0.25) is 5.02 Å². The third-order valence-corrected chi connectivity index (χ3v) is 3.53. The number of aliphatic hydroxyl groups is 1. The number of hydrogen-bond donors (Lipinski definition) is 1. The molecule has 114 valence electrons. The number of rotatable bonds is 7. The molecule has 0 spiro atoms. The van der Waals surface area contributed by atoms with Crippen molar-refractivity contribution in [1.82, 2.24) is 4.90 Å². The molecule has 0 amide bonds. The van der Waals surface area contributed by atoms with Gasteiger partial charge in [-0.05, 0) is 24.6 Å². The summed E-state index contributed by atoms with van der Waals surface area (Å²) in [6.07, 6.45) is 2.23. The van der Waals surface area contributed by atoms with Crippen LogP contribution in [-0.4, -0.2) is 47.6 Å². The molecule has 1 aliphatic heterocycles. The SMILES string of the molecule is C=CCN(C[C@@H]1CC(c2ccc(Cl)cc2)=NO1)C[C@H](C)O. The largest absolute Gasteiger partial charge is 0.392 e. The smallest absolute Gasteiger partial charge is 0.145 e. The van der Waals surface area contributed by atoms with Crippen LogP contribution in [0.1, 0.15) is 18.9 Å². The Labute approximate surface area is 130 Å². The molecule has 1 aromatic carbocycles. The van der Waals surface area contributed by atoms with E-state index in [0.717, 1.165) is 30.8 Å². The van der Waals surface area contributed by atoms with E-state index in [4.69, 9.17) is 16.4 Å². The molecule has 0 saturated carbocycles. The highest BCUT2D eigenvalue weighted by atomic mass is 35.5. The lowest BCUT2D eigenvalue weighted by Crippen LogP contribution is -2.37. The van der Waals surface area contributed by atoms with Gasteiger partial charge in [0, 0.05) is 31.1 Å². The molecule has 1 heterocycles. The molecule has 5 heteroatoms. The number of nitrogens with zero attached hydrogens (tertiary/aromatic N) is 2. The molecule has 1 aromatic rings. The normalized spacial score (nSPS) is 19.2. The summed E-state index contributed by atoms with van der Waals surface area (Å²) >= 11 is 5.89. The summed E-state index contributed by atoms with van der Waals surface area (Å²) < 4.78 is 0. The maximum atomic E-state index is 9.52. The highest BCUT2D eigenvalue weighted by Gasteiger charge is 2.24. The van der Waals surface area contributed by atoms with Crippen molar-refractivity contribution in [2.45, 2.75) is 25.6 Å². The molecular formula is C16H21ClN2O2. The number of hydrogen-bond acceptors (Lipinski definition) is 4. The third kappa shape index (κ3) is 4.84. The maximum Gasteiger partial charge on any atom is 0.145 e. The van der Waals surface area contributed by atoms with E-state index in [2.05, 4.69) is 16.6 Å². The average molecular weight is 309 g/mol. The van der Waals surface area contributed by atoms with Crippen LogP contribution in [0, 0.1) is 0 Å². The first kappa shape index (κ1) is 16.0. The van der Waals surface area contributed by atoms with Crippen molar-refractivity contribution >= 4 is 17.3 Å². The topological polar surface area (TPSA) is 45.1 Å². The Balaban J connectivity index is 1.91. The molecule has 0 aliphatic carbocycles. The van der Waals surface area contributed by atoms with E-state index in [1.165, 1.54) is 0 Å². The molecule has 1 N–H and O–H groups in total. The van der Waals surface area contributed by atoms with Crippen LogP contribution in [0.25, 0.3) is 0 Å². The zero-order chi connectivity index (χ0) is 15.2. The van der Waals surface area contributed by atoms with Gasteiger partial charge in [0.05, 0.1) is 11.8 Å². The Bertz CT molecular complexity index is 500. The van der Waals surface area contributed by atoms with Gasteiger partial charge in [0.15, 0.2) is 0 Å². The van der Waals surface area contributed by atoms with E-state index < -0.39 is 0 Å². The molecule has 0 saturated heterocycles. The van der Waals surface area contributed by atoms with Gasteiger partial charge in [0.1, 0.15) is 6.10 Å². The Hall–Kier alpha value is -1.36. The van der Waals surface area contributed by atoms with Crippen LogP contribution in [-0.2, 0) is 4.84 Å². The van der Waals surface area contributed by atoms with Gasteiger partial charge < -0.3 is 9.94 Å². The first-order chi connectivity index (χ1) is 10.1. The Morgan fingerprint density at radius 2 is 2.24 bits per heavy atom. The summed E-state index contributed by atoms with van der Waals surface area (Å²) in [6, 6.07) is 7.60. The van der Waals surface area contributed by atoms with Crippen molar-refractivity contribution < 1.29 is 9.94 Å². The van der Waals surface area contributed by atoms with E-state index in [-0.39, 0.29) is 12.2 Å². The van der Waals surface area contributed by atoms with Gasteiger partial charge in [-0.2, -0.15) is 0 Å². The molecule has 0 unspecified atom stereocenters. The van der Waals surface area contributed by atoms with Crippen molar-refractivity contribution in [2.75, 3.05) is 19.6 Å². The van der Waals surface area contributed by atoms with Crippen molar-refractivity contribution in [3.63, 3.8) is 0 Å². The van der Waals surface area contributed by atoms with E-state index in [0.29, 0.717) is 11.6 Å². The monoisotopic (exact) mass is 308 g/mol. The van der Waals surface area contributed by atoms with E-state index in [1.54, 1.807) is 6.92 Å². The number of oxime groups is 1. The van der Waals surface area contributed by atoms with Gasteiger partial charge in [0.2, 0.25) is 0 Å². The zero-order valence-electron chi connectivity index (χ0n) is 12.2. The van der Waals surface area contributed by atoms with Gasteiger partial charge >= 0.3 is 0 Å². The molecule has 4 nitrogen and oxygen atoms in total. The Morgan fingerprint density at radius 1 is 1.52 bits per heavy atom. The highest BCUT2D eigenvalue weighted by molar-refractivity contribution is 6.30. The summed E-state index contributed by atoms with van der Waals surface area (Å²) in [6.45, 7) is 7.57. The fourth-order valence-corrected chi connectivity index (χ4v) is 2.53. The molecule has 2 atom stereocenters. The minimum atomic E-state index is -0.372. The predicted molar refractivity (Wildman–Crippen MR) is 85.8 cm³/mol. The predicted octanol–water partition coefficient (Wildman–Crippen LogP) is 2.70. The Morgan fingerprint density at radius 3 is 2.86 bits per heavy atom. The molecule has 1 aliphatic rings. The van der Waals surface area contributed by atoms with Gasteiger partial charge in [-0.3, -0.25) is 4.90 Å². The van der Waals surface area contributed by atoms with Gasteiger partial charge in [0.25, 0.3) is 0 Å². The minimum Gasteiger partial charge on any atom is -0.392 e. The summed E-state index contributed by atoms with van der Waals surface area (Å²) in [4.78, 5) is 7.62. The molecule has 0 fully saturated rings. The van der Waals surface area contributed by atoms with Crippen LogP contribution in [0.3, 0.4) is 0 Å². The van der Waals surface area contributed by atoms with Gasteiger partial charge in [-0.25, -0.2) is 0 Å². The van der Waals surface area contributed by atoms with Gasteiger partial charge in [-0.1, -0.05) is 35.0 Å². The Kier molecular flexibility index (Phi) is 5.79. The number of halogens is 1. The molecular weight excluding hydrogens is 288 g/mol. The second-order valence-corrected chi connectivity index (χ2v) is 5.77. The summed E-state index contributed by atoms with van der Waals surface area (Å²) in [7, 11) is 0. The fourth-order valence-electron chi connectivity index (χ4n) is 2.41. The van der Waals surface area contributed by atoms with Crippen molar-refractivity contribution in [3.05, 3.63) is 47.5 Å². The number of aliphatic hydroxyl groups excluding tert-OH is 1. The van der Waals surface area contributed by atoms with Crippen molar-refractivity contribution in [3.8, 4) is 0 Å². The first-order valence-corrected chi connectivity index (χ1v) is 7.46. The second kappa shape index (κ2) is 7.59. The minimum absolute atomic E-state index is 0.00868. The second-order valence-electron chi connectivity index (χ2n) is 5.33. The summed E-state index contributed by atoms with van der Waals surface area (Å²) in [5.74, 6) is 0. The quantitative estimate of drug-likeness (QED) is 0.788. The summed E-state index contributed by atoms with van der Waals surface area (Å²) in [5.41, 5.74) is 1.97. The van der Waals surface area contributed by atoms with Crippen LogP contribution in [0.15, 0.2) is 42.1 Å². The van der Waals surface area contributed by atoms with Crippen molar-refractivity contribution in [2.24, 2.45) is 5.16 Å². The van der Waals surface area contributed by atoms with Crippen LogP contribution in [0.5, 0.6) is 0 Å². The molecule has 0 bridgehead atoms.